The smallest absolute Gasteiger partial charge is 0.338 e. The van der Waals surface area contributed by atoms with E-state index in [0.29, 0.717) is 0 Å². The fourth-order valence-corrected chi connectivity index (χ4v) is 1.76. The maximum absolute atomic E-state index is 11.7. The van der Waals surface area contributed by atoms with E-state index in [2.05, 4.69) is 4.74 Å². The molecule has 0 radical (unpaired) electrons. The first-order valence-electron chi connectivity index (χ1n) is 6.88. The van der Waals surface area contributed by atoms with Gasteiger partial charge in [-0.2, -0.15) is 0 Å². The van der Waals surface area contributed by atoms with Crippen LogP contribution in [0.5, 0.6) is 17.2 Å². The van der Waals surface area contributed by atoms with Gasteiger partial charge in [-0.25, -0.2) is 4.79 Å². The number of phenolic OH excluding ortho intramolecular Hbond substituents is 3. The van der Waals surface area contributed by atoms with Crippen molar-refractivity contribution >= 4 is 11.8 Å². The molecule has 25 heavy (non-hydrogen) atoms. The average molecular weight is 362 g/mol. The van der Waals surface area contributed by atoms with Crippen LogP contribution in [0.3, 0.4) is 0 Å². The zero-order chi connectivity index (χ0) is 19.3. The van der Waals surface area contributed by atoms with Crippen LogP contribution in [0.4, 0.5) is 0 Å². The van der Waals surface area contributed by atoms with Crippen LogP contribution < -0.4 is 0 Å². The quantitative estimate of drug-likeness (QED) is 0.172. The number of ether oxygens (including phenoxy) is 1. The number of aromatic hydroxyl groups is 3. The molecule has 0 saturated carbocycles. The summed E-state index contributed by atoms with van der Waals surface area (Å²) in [5.41, 5.74) is -0.384. The molecule has 1 aromatic rings. The van der Waals surface area contributed by atoms with Gasteiger partial charge < -0.3 is 45.6 Å². The highest BCUT2D eigenvalue weighted by atomic mass is 16.5. The highest BCUT2D eigenvalue weighted by Crippen LogP contribution is 2.35. The van der Waals surface area contributed by atoms with Crippen LogP contribution in [0.25, 0.3) is 0 Å². The number of rotatable bonds is 8. The average Bonchev–Trinajstić information content (AvgIpc) is 2.60. The first-order chi connectivity index (χ1) is 11.6. The van der Waals surface area contributed by atoms with Crippen molar-refractivity contribution in [3.05, 3.63) is 17.7 Å². The molecule has 0 bridgehead atoms. The second kappa shape index (κ2) is 8.60. The molecular formula is C14H18O11. The lowest BCUT2D eigenvalue weighted by Gasteiger charge is -2.25. The van der Waals surface area contributed by atoms with E-state index in [9.17, 15) is 40.2 Å². The number of Topliss-reactive ketones (excluding diaryl/α,β-unsaturated/α-hetero) is 1. The summed E-state index contributed by atoms with van der Waals surface area (Å²) in [4.78, 5) is 22.7. The topological polar surface area (TPSA) is 205 Å². The fourth-order valence-electron chi connectivity index (χ4n) is 1.76. The maximum atomic E-state index is 11.7. The normalized spacial score (nSPS) is 15.9. The van der Waals surface area contributed by atoms with Crippen molar-refractivity contribution < 1.29 is 55.2 Å². The van der Waals surface area contributed by atoms with Crippen LogP contribution in [-0.4, -0.2) is 90.2 Å². The predicted octanol–water partition coefficient (Wildman–Crippen LogP) is -3.03. The Balaban J connectivity index is 2.67. The van der Waals surface area contributed by atoms with Gasteiger partial charge in [-0.05, 0) is 12.1 Å². The van der Waals surface area contributed by atoms with Gasteiger partial charge in [0.15, 0.2) is 23.0 Å². The van der Waals surface area contributed by atoms with Crippen LogP contribution in [-0.2, 0) is 9.53 Å². The minimum Gasteiger partial charge on any atom is -0.504 e. The number of hydrogen-bond donors (Lipinski definition) is 8. The molecule has 140 valence electrons. The zero-order valence-corrected chi connectivity index (χ0v) is 12.7. The highest BCUT2D eigenvalue weighted by molar-refractivity contribution is 5.91. The number of aliphatic hydroxyl groups is 5. The first-order valence-corrected chi connectivity index (χ1v) is 6.88. The zero-order valence-electron chi connectivity index (χ0n) is 12.7. The predicted molar refractivity (Wildman–Crippen MR) is 77.8 cm³/mol. The van der Waals surface area contributed by atoms with Crippen molar-refractivity contribution in [3.63, 3.8) is 0 Å². The molecule has 0 heterocycles. The molecule has 0 aliphatic carbocycles. The summed E-state index contributed by atoms with van der Waals surface area (Å²) in [5, 5.41) is 74.4. The largest absolute Gasteiger partial charge is 0.504 e. The van der Waals surface area contributed by atoms with E-state index in [4.69, 9.17) is 10.2 Å². The molecule has 1 rings (SSSR count). The van der Waals surface area contributed by atoms with E-state index in [-0.39, 0.29) is 5.56 Å². The van der Waals surface area contributed by atoms with Gasteiger partial charge in [-0.3, -0.25) is 4.79 Å². The van der Waals surface area contributed by atoms with Crippen molar-refractivity contribution in [1.82, 2.24) is 0 Å². The summed E-state index contributed by atoms with van der Waals surface area (Å²) in [5.74, 6) is -4.79. The second-order valence-electron chi connectivity index (χ2n) is 5.08. The third kappa shape index (κ3) is 5.01. The lowest BCUT2D eigenvalue weighted by atomic mass is 10.0. The van der Waals surface area contributed by atoms with E-state index in [0.717, 1.165) is 12.1 Å². The summed E-state index contributed by atoms with van der Waals surface area (Å²) in [7, 11) is 0. The SMILES string of the molecule is O=C(OC[C@@H](O)[C@@H](O)[C@@H](O)[C@H](O)C(=O)CO)c1cc(O)c(O)c(O)c1. The number of carbonyl (C=O) groups is 2. The van der Waals surface area contributed by atoms with Crippen LogP contribution >= 0.6 is 0 Å². The molecule has 0 saturated heterocycles. The van der Waals surface area contributed by atoms with Gasteiger partial charge in [-0.15, -0.1) is 0 Å². The number of hydrogen-bond acceptors (Lipinski definition) is 11. The summed E-state index contributed by atoms with van der Waals surface area (Å²) in [6.45, 7) is -1.97. The van der Waals surface area contributed by atoms with Crippen molar-refractivity contribution in [1.29, 1.82) is 0 Å². The van der Waals surface area contributed by atoms with Gasteiger partial charge in [0, 0.05) is 0 Å². The molecule has 4 atom stereocenters. The Labute approximate surface area is 140 Å². The van der Waals surface area contributed by atoms with Crippen molar-refractivity contribution in [2.75, 3.05) is 13.2 Å². The molecule has 1 aromatic carbocycles. The molecular weight excluding hydrogens is 344 g/mol. The van der Waals surface area contributed by atoms with Crippen LogP contribution in [0, 0.1) is 0 Å². The summed E-state index contributed by atoms with van der Waals surface area (Å²) >= 11 is 0. The molecule has 0 unspecified atom stereocenters. The first kappa shape index (κ1) is 20.6. The van der Waals surface area contributed by atoms with E-state index >= 15 is 0 Å². The maximum Gasteiger partial charge on any atom is 0.338 e. The fraction of sp³-hybridized carbons (Fsp3) is 0.429. The molecule has 0 aliphatic heterocycles. The monoisotopic (exact) mass is 362 g/mol. The minimum absolute atomic E-state index is 0.384. The molecule has 0 aromatic heterocycles. The molecule has 0 amide bonds. The lowest BCUT2D eigenvalue weighted by Crippen LogP contribution is -2.49. The van der Waals surface area contributed by atoms with Gasteiger partial charge in [0.05, 0.1) is 5.56 Å². The molecule has 11 nitrogen and oxygen atoms in total. The van der Waals surface area contributed by atoms with Crippen molar-refractivity contribution in [2.24, 2.45) is 0 Å². The van der Waals surface area contributed by atoms with E-state index < -0.39 is 66.6 Å². The van der Waals surface area contributed by atoms with Crippen LogP contribution in [0.15, 0.2) is 12.1 Å². The van der Waals surface area contributed by atoms with Gasteiger partial charge >= 0.3 is 5.97 Å². The van der Waals surface area contributed by atoms with Crippen molar-refractivity contribution in [3.8, 4) is 17.2 Å². The Morgan fingerprint density at radius 3 is 1.96 bits per heavy atom. The number of phenols is 3. The van der Waals surface area contributed by atoms with E-state index in [1.54, 1.807) is 0 Å². The molecule has 0 fully saturated rings. The summed E-state index contributed by atoms with van der Waals surface area (Å²) in [6.07, 6.45) is -8.29. The molecule has 0 aliphatic rings. The van der Waals surface area contributed by atoms with Gasteiger partial charge in [-0.1, -0.05) is 0 Å². The Kier molecular flexibility index (Phi) is 7.09. The number of ketones is 1. The lowest BCUT2D eigenvalue weighted by molar-refractivity contribution is -0.149. The van der Waals surface area contributed by atoms with E-state index in [1.165, 1.54) is 0 Å². The Bertz CT molecular complexity index is 606. The van der Waals surface area contributed by atoms with Gasteiger partial charge in [0.1, 0.15) is 37.6 Å². The molecule has 11 heteroatoms. The number of esters is 1. The molecule has 0 spiro atoms. The third-order valence-corrected chi connectivity index (χ3v) is 3.24. The number of aliphatic hydroxyl groups excluding tert-OH is 5. The Morgan fingerprint density at radius 1 is 0.960 bits per heavy atom. The molecule has 8 N–H and O–H groups in total. The standard InChI is InChI=1S/C14H18O11/c15-3-8(18)11(21)13(23)12(22)9(19)4-25-14(24)5-1-6(16)10(20)7(17)2-5/h1-2,9,11-13,15-17,19-23H,3-4H2/t9-,11-,12-,13+/m1/s1. The van der Waals surface area contributed by atoms with Gasteiger partial charge in [0.2, 0.25) is 0 Å². The van der Waals surface area contributed by atoms with Crippen molar-refractivity contribution in [2.45, 2.75) is 24.4 Å². The number of benzene rings is 1. The minimum atomic E-state index is -2.16. The second-order valence-corrected chi connectivity index (χ2v) is 5.08. The van der Waals surface area contributed by atoms with Gasteiger partial charge in [0.25, 0.3) is 0 Å². The van der Waals surface area contributed by atoms with E-state index in [1.807, 2.05) is 0 Å². The van der Waals surface area contributed by atoms with Crippen LogP contribution in [0.2, 0.25) is 0 Å². The summed E-state index contributed by atoms with van der Waals surface area (Å²) < 4.78 is 4.60. The highest BCUT2D eigenvalue weighted by Gasteiger charge is 2.34. The third-order valence-electron chi connectivity index (χ3n) is 3.24. The van der Waals surface area contributed by atoms with Crippen LogP contribution in [0.1, 0.15) is 10.4 Å². The number of carbonyl (C=O) groups excluding carboxylic acids is 2. The Hall–Kier alpha value is -2.44. The Morgan fingerprint density at radius 2 is 1.48 bits per heavy atom. The summed E-state index contributed by atoms with van der Waals surface area (Å²) in [6, 6.07) is 1.55.